The summed E-state index contributed by atoms with van der Waals surface area (Å²) in [4.78, 5) is -0.423. The Balaban J connectivity index is 2.70. The van der Waals surface area contributed by atoms with Gasteiger partial charge in [0.25, 0.3) is 0 Å². The fourth-order valence-electron chi connectivity index (χ4n) is 0.723. The van der Waals surface area contributed by atoms with Gasteiger partial charge in [-0.05, 0) is 19.2 Å². The minimum Gasteiger partial charge on any atom is -0.380 e. The second kappa shape index (κ2) is 2.85. The molecule has 1 nitrogen and oxygen atoms in total. The molecule has 1 N–H and O–H groups in total. The molecular weight excluding hydrogens is 169 g/mol. The average Bonchev–Trinajstić information content (AvgIpc) is 1.89. The zero-order valence-corrected chi connectivity index (χ0v) is 7.15. The van der Waals surface area contributed by atoms with E-state index in [1.54, 1.807) is 0 Å². The SMILES string of the molecule is CC1(C(Cl)Cl)C=CC=CN1. The maximum Gasteiger partial charge on any atom is 0.133 e. The molecule has 1 atom stereocenters. The Labute approximate surface area is 70.7 Å². The van der Waals surface area contributed by atoms with E-state index in [0.717, 1.165) is 0 Å². The smallest absolute Gasteiger partial charge is 0.133 e. The molecule has 0 amide bonds. The summed E-state index contributed by atoms with van der Waals surface area (Å²) in [6.45, 7) is 1.94. The van der Waals surface area contributed by atoms with Gasteiger partial charge < -0.3 is 5.32 Å². The first-order chi connectivity index (χ1) is 4.65. The van der Waals surface area contributed by atoms with Crippen molar-refractivity contribution >= 4 is 23.2 Å². The highest BCUT2D eigenvalue weighted by atomic mass is 35.5. The Bertz CT molecular complexity index is 174. The van der Waals surface area contributed by atoms with Crippen LogP contribution in [0.4, 0.5) is 0 Å². The molecule has 1 heterocycles. The third kappa shape index (κ3) is 1.47. The number of hydrogen-bond acceptors (Lipinski definition) is 1. The standard InChI is InChI=1S/C7H9Cl2N/c1-7(6(8)9)4-2-3-5-10-7/h2-6,10H,1H3. The van der Waals surface area contributed by atoms with Gasteiger partial charge in [-0.3, -0.25) is 0 Å². The van der Waals surface area contributed by atoms with Gasteiger partial charge in [-0.25, -0.2) is 0 Å². The molecule has 3 heteroatoms. The van der Waals surface area contributed by atoms with Gasteiger partial charge in [-0.1, -0.05) is 12.2 Å². The zero-order chi connectivity index (χ0) is 7.61. The van der Waals surface area contributed by atoms with Crippen LogP contribution in [0.1, 0.15) is 6.92 Å². The van der Waals surface area contributed by atoms with Crippen molar-refractivity contribution in [2.24, 2.45) is 0 Å². The van der Waals surface area contributed by atoms with Crippen LogP contribution in [-0.4, -0.2) is 10.4 Å². The highest BCUT2D eigenvalue weighted by molar-refractivity contribution is 6.45. The van der Waals surface area contributed by atoms with Crippen LogP contribution in [0.2, 0.25) is 0 Å². The van der Waals surface area contributed by atoms with Gasteiger partial charge in [0.1, 0.15) is 4.84 Å². The van der Waals surface area contributed by atoms with Crippen molar-refractivity contribution in [2.75, 3.05) is 0 Å². The molecule has 1 rings (SSSR count). The van der Waals surface area contributed by atoms with E-state index in [-0.39, 0.29) is 5.54 Å². The van der Waals surface area contributed by atoms with E-state index in [1.807, 2.05) is 31.4 Å². The molecule has 1 unspecified atom stereocenters. The topological polar surface area (TPSA) is 12.0 Å². The highest BCUT2D eigenvalue weighted by Gasteiger charge is 2.27. The maximum atomic E-state index is 5.72. The molecular formula is C7H9Cl2N. The van der Waals surface area contributed by atoms with Crippen molar-refractivity contribution < 1.29 is 0 Å². The quantitative estimate of drug-likeness (QED) is 0.607. The number of hydrogen-bond donors (Lipinski definition) is 1. The summed E-state index contributed by atoms with van der Waals surface area (Å²) in [5.74, 6) is 0. The molecule has 0 bridgehead atoms. The van der Waals surface area contributed by atoms with Gasteiger partial charge in [-0.15, -0.1) is 23.2 Å². The molecule has 0 saturated carbocycles. The van der Waals surface area contributed by atoms with Crippen molar-refractivity contribution in [3.63, 3.8) is 0 Å². The molecule has 0 fully saturated rings. The lowest BCUT2D eigenvalue weighted by Gasteiger charge is -2.29. The van der Waals surface area contributed by atoms with Gasteiger partial charge >= 0.3 is 0 Å². The third-order valence-electron chi connectivity index (χ3n) is 1.50. The molecule has 0 aromatic rings. The Hall–Kier alpha value is -0.140. The van der Waals surface area contributed by atoms with Crippen LogP contribution in [0.15, 0.2) is 24.4 Å². The second-order valence-electron chi connectivity index (χ2n) is 2.45. The van der Waals surface area contributed by atoms with Gasteiger partial charge in [0, 0.05) is 0 Å². The fourth-order valence-corrected chi connectivity index (χ4v) is 0.994. The third-order valence-corrected chi connectivity index (χ3v) is 2.40. The molecule has 0 saturated heterocycles. The minimum atomic E-state index is -0.423. The molecule has 0 spiro atoms. The Morgan fingerprint density at radius 1 is 1.40 bits per heavy atom. The summed E-state index contributed by atoms with van der Waals surface area (Å²) < 4.78 is 0. The number of rotatable bonds is 1. The molecule has 10 heavy (non-hydrogen) atoms. The Morgan fingerprint density at radius 2 is 2.10 bits per heavy atom. The largest absolute Gasteiger partial charge is 0.380 e. The van der Waals surface area contributed by atoms with Crippen LogP contribution in [0, 0.1) is 0 Å². The fraction of sp³-hybridized carbons (Fsp3) is 0.429. The molecule has 0 aromatic heterocycles. The van der Waals surface area contributed by atoms with Gasteiger partial charge in [0.2, 0.25) is 0 Å². The second-order valence-corrected chi connectivity index (χ2v) is 3.54. The van der Waals surface area contributed by atoms with Gasteiger partial charge in [0.15, 0.2) is 0 Å². The predicted octanol–water partition coefficient (Wildman–Crippen LogP) is 2.22. The molecule has 0 aliphatic carbocycles. The lowest BCUT2D eigenvalue weighted by atomic mass is 10.0. The molecule has 1 aliphatic heterocycles. The lowest BCUT2D eigenvalue weighted by Crippen LogP contribution is -2.43. The van der Waals surface area contributed by atoms with E-state index in [0.29, 0.717) is 0 Å². The summed E-state index contributed by atoms with van der Waals surface area (Å²) in [5, 5.41) is 3.06. The summed E-state index contributed by atoms with van der Waals surface area (Å²) >= 11 is 11.4. The number of alkyl halides is 2. The zero-order valence-electron chi connectivity index (χ0n) is 5.64. The van der Waals surface area contributed by atoms with Crippen LogP contribution in [0.3, 0.4) is 0 Å². The highest BCUT2D eigenvalue weighted by Crippen LogP contribution is 2.22. The van der Waals surface area contributed by atoms with E-state index in [1.165, 1.54) is 0 Å². The Morgan fingerprint density at radius 3 is 2.40 bits per heavy atom. The normalized spacial score (nSPS) is 30.8. The van der Waals surface area contributed by atoms with E-state index >= 15 is 0 Å². The summed E-state index contributed by atoms with van der Waals surface area (Å²) in [6, 6.07) is 0. The molecule has 1 aliphatic rings. The molecule has 0 aromatic carbocycles. The summed E-state index contributed by atoms with van der Waals surface area (Å²) in [6.07, 6.45) is 7.60. The van der Waals surface area contributed by atoms with Crippen LogP contribution in [0.25, 0.3) is 0 Å². The monoisotopic (exact) mass is 177 g/mol. The number of nitrogens with one attached hydrogen (secondary N) is 1. The number of halogens is 2. The summed E-state index contributed by atoms with van der Waals surface area (Å²) in [7, 11) is 0. The van der Waals surface area contributed by atoms with Crippen LogP contribution >= 0.6 is 23.2 Å². The summed E-state index contributed by atoms with van der Waals surface area (Å²) in [5.41, 5.74) is -0.308. The maximum absolute atomic E-state index is 5.72. The predicted molar refractivity (Wildman–Crippen MR) is 45.3 cm³/mol. The average molecular weight is 178 g/mol. The molecule has 0 radical (unpaired) electrons. The minimum absolute atomic E-state index is 0.308. The first-order valence-corrected chi connectivity index (χ1v) is 3.93. The molecule has 56 valence electrons. The van der Waals surface area contributed by atoms with Crippen molar-refractivity contribution in [3.05, 3.63) is 24.4 Å². The van der Waals surface area contributed by atoms with E-state index in [9.17, 15) is 0 Å². The van der Waals surface area contributed by atoms with Gasteiger partial charge in [0.05, 0.1) is 5.54 Å². The number of dihydropyridines is 1. The van der Waals surface area contributed by atoms with E-state index in [4.69, 9.17) is 23.2 Å². The number of allylic oxidation sites excluding steroid dienone is 2. The van der Waals surface area contributed by atoms with E-state index < -0.39 is 4.84 Å². The van der Waals surface area contributed by atoms with Crippen LogP contribution in [-0.2, 0) is 0 Å². The van der Waals surface area contributed by atoms with Gasteiger partial charge in [-0.2, -0.15) is 0 Å². The van der Waals surface area contributed by atoms with Crippen molar-refractivity contribution in [3.8, 4) is 0 Å². The first kappa shape index (κ1) is 7.96. The van der Waals surface area contributed by atoms with Crippen molar-refractivity contribution in [1.29, 1.82) is 0 Å². The van der Waals surface area contributed by atoms with Crippen LogP contribution < -0.4 is 5.32 Å². The van der Waals surface area contributed by atoms with Crippen molar-refractivity contribution in [2.45, 2.75) is 17.3 Å². The van der Waals surface area contributed by atoms with Crippen LogP contribution in [0.5, 0.6) is 0 Å². The van der Waals surface area contributed by atoms with E-state index in [2.05, 4.69) is 5.32 Å². The Kier molecular flexibility index (Phi) is 2.27. The lowest BCUT2D eigenvalue weighted by molar-refractivity contribution is 0.530. The first-order valence-electron chi connectivity index (χ1n) is 3.05. The van der Waals surface area contributed by atoms with Crippen molar-refractivity contribution in [1.82, 2.24) is 5.32 Å².